The molecule has 0 radical (unpaired) electrons. The second-order valence-electron chi connectivity index (χ2n) is 6.24. The van der Waals surface area contributed by atoms with Crippen LogP contribution in [0.1, 0.15) is 34.5 Å². The van der Waals surface area contributed by atoms with Gasteiger partial charge in [-0.3, -0.25) is 4.79 Å². The fourth-order valence-corrected chi connectivity index (χ4v) is 2.71. The predicted octanol–water partition coefficient (Wildman–Crippen LogP) is 5.02. The Hall–Kier alpha value is -3.05. The smallest absolute Gasteiger partial charge is 0.255 e. The van der Waals surface area contributed by atoms with Crippen molar-refractivity contribution in [3.8, 4) is 5.75 Å². The number of ether oxygens (including phenoxy) is 1. The Bertz CT molecular complexity index is 958. The standard InChI is InChI=1S/C21H20ClN3O2/c1-13-6-8-15(9-7-13)21(26)25-18-5-3-4-16(10-18)14(2)27-19-11-17(22)12-24-20(19)23/h3-12,14H,1-2H3,(H2,23,24)(H,25,26). The van der Waals surface area contributed by atoms with Gasteiger partial charge in [-0.25, -0.2) is 4.98 Å². The maximum atomic E-state index is 12.4. The third kappa shape index (κ3) is 4.77. The maximum absolute atomic E-state index is 12.4. The maximum Gasteiger partial charge on any atom is 0.255 e. The molecule has 0 saturated carbocycles. The molecule has 0 saturated heterocycles. The highest BCUT2D eigenvalue weighted by molar-refractivity contribution is 6.30. The van der Waals surface area contributed by atoms with Crippen LogP contribution < -0.4 is 15.8 Å². The van der Waals surface area contributed by atoms with E-state index < -0.39 is 0 Å². The molecule has 1 atom stereocenters. The van der Waals surface area contributed by atoms with E-state index in [1.807, 2.05) is 50.2 Å². The first-order chi connectivity index (χ1) is 12.9. The summed E-state index contributed by atoms with van der Waals surface area (Å²) in [4.78, 5) is 16.4. The van der Waals surface area contributed by atoms with Crippen LogP contribution in [0.5, 0.6) is 5.75 Å². The van der Waals surface area contributed by atoms with Crippen molar-refractivity contribution in [3.63, 3.8) is 0 Å². The summed E-state index contributed by atoms with van der Waals surface area (Å²) in [6.45, 7) is 3.87. The number of amides is 1. The topological polar surface area (TPSA) is 77.2 Å². The molecule has 0 spiro atoms. The molecule has 3 aromatic rings. The minimum absolute atomic E-state index is 0.163. The van der Waals surface area contributed by atoms with Crippen LogP contribution in [0.3, 0.4) is 0 Å². The van der Waals surface area contributed by atoms with Gasteiger partial charge in [-0.15, -0.1) is 0 Å². The molecular formula is C21H20ClN3O2. The first-order valence-corrected chi connectivity index (χ1v) is 8.86. The summed E-state index contributed by atoms with van der Waals surface area (Å²) in [7, 11) is 0. The van der Waals surface area contributed by atoms with Crippen molar-refractivity contribution < 1.29 is 9.53 Å². The molecule has 0 aliphatic rings. The van der Waals surface area contributed by atoms with Gasteiger partial charge in [-0.05, 0) is 43.7 Å². The molecule has 138 valence electrons. The largest absolute Gasteiger partial charge is 0.482 e. The van der Waals surface area contributed by atoms with E-state index in [-0.39, 0.29) is 17.8 Å². The molecule has 0 aliphatic carbocycles. The van der Waals surface area contributed by atoms with E-state index in [1.54, 1.807) is 18.2 Å². The molecule has 0 bridgehead atoms. The second-order valence-corrected chi connectivity index (χ2v) is 6.68. The minimum atomic E-state index is -0.302. The van der Waals surface area contributed by atoms with Crippen molar-refractivity contribution in [3.05, 3.63) is 82.5 Å². The number of carbonyl (C=O) groups is 1. The van der Waals surface area contributed by atoms with E-state index in [0.717, 1.165) is 11.1 Å². The van der Waals surface area contributed by atoms with Crippen LogP contribution in [-0.2, 0) is 0 Å². The van der Waals surface area contributed by atoms with Gasteiger partial charge >= 0.3 is 0 Å². The van der Waals surface area contributed by atoms with Gasteiger partial charge in [0.25, 0.3) is 5.91 Å². The first kappa shape index (κ1) is 18.7. The molecule has 27 heavy (non-hydrogen) atoms. The third-order valence-corrected chi connectivity index (χ3v) is 4.29. The lowest BCUT2D eigenvalue weighted by atomic mass is 10.1. The normalized spacial score (nSPS) is 11.7. The van der Waals surface area contributed by atoms with Crippen LogP contribution in [-0.4, -0.2) is 10.9 Å². The molecule has 3 N–H and O–H groups in total. The van der Waals surface area contributed by atoms with Gasteiger partial charge in [0.05, 0.1) is 5.02 Å². The molecule has 6 heteroatoms. The van der Waals surface area contributed by atoms with Gasteiger partial charge in [0.15, 0.2) is 11.6 Å². The molecule has 1 aromatic heterocycles. The number of carbonyl (C=O) groups excluding carboxylic acids is 1. The number of nitrogens with zero attached hydrogens (tertiary/aromatic N) is 1. The van der Waals surface area contributed by atoms with E-state index in [2.05, 4.69) is 10.3 Å². The van der Waals surface area contributed by atoms with Crippen LogP contribution in [0.25, 0.3) is 0 Å². The summed E-state index contributed by atoms with van der Waals surface area (Å²) in [5, 5.41) is 3.35. The van der Waals surface area contributed by atoms with Gasteiger partial charge in [0, 0.05) is 23.5 Å². The molecule has 2 aromatic carbocycles. The Labute approximate surface area is 163 Å². The summed E-state index contributed by atoms with van der Waals surface area (Å²) in [5.41, 5.74) is 9.12. The summed E-state index contributed by atoms with van der Waals surface area (Å²) >= 11 is 5.95. The zero-order chi connectivity index (χ0) is 19.4. The van der Waals surface area contributed by atoms with Crippen molar-refractivity contribution in [1.82, 2.24) is 4.98 Å². The van der Waals surface area contributed by atoms with E-state index in [9.17, 15) is 4.79 Å². The lowest BCUT2D eigenvalue weighted by Crippen LogP contribution is -2.12. The zero-order valence-electron chi connectivity index (χ0n) is 15.1. The minimum Gasteiger partial charge on any atom is -0.482 e. The fraction of sp³-hybridized carbons (Fsp3) is 0.143. The van der Waals surface area contributed by atoms with Crippen LogP contribution >= 0.6 is 11.6 Å². The number of nitrogens with two attached hydrogens (primary N) is 1. The van der Waals surface area contributed by atoms with Crippen molar-refractivity contribution >= 4 is 29.0 Å². The van der Waals surface area contributed by atoms with Gasteiger partial charge in [-0.1, -0.05) is 41.4 Å². The van der Waals surface area contributed by atoms with E-state index in [0.29, 0.717) is 22.0 Å². The van der Waals surface area contributed by atoms with Crippen LogP contribution in [0.4, 0.5) is 11.5 Å². The molecule has 5 nitrogen and oxygen atoms in total. The quantitative estimate of drug-likeness (QED) is 0.650. The van der Waals surface area contributed by atoms with Crippen LogP contribution in [0.2, 0.25) is 5.02 Å². The Morgan fingerprint density at radius 3 is 2.67 bits per heavy atom. The van der Waals surface area contributed by atoms with E-state index >= 15 is 0 Å². The molecule has 3 rings (SSSR count). The highest BCUT2D eigenvalue weighted by Crippen LogP contribution is 2.29. The summed E-state index contributed by atoms with van der Waals surface area (Å²) < 4.78 is 5.89. The zero-order valence-corrected chi connectivity index (χ0v) is 15.8. The molecule has 1 amide bonds. The van der Waals surface area contributed by atoms with Crippen molar-refractivity contribution in [2.24, 2.45) is 0 Å². The molecule has 1 unspecified atom stereocenters. The van der Waals surface area contributed by atoms with E-state index in [1.165, 1.54) is 6.20 Å². The number of halogens is 1. The lowest BCUT2D eigenvalue weighted by Gasteiger charge is -2.17. The van der Waals surface area contributed by atoms with Crippen molar-refractivity contribution in [2.45, 2.75) is 20.0 Å². The Morgan fingerprint density at radius 1 is 1.19 bits per heavy atom. The Morgan fingerprint density at radius 2 is 1.93 bits per heavy atom. The number of nitrogens with one attached hydrogen (secondary N) is 1. The van der Waals surface area contributed by atoms with E-state index in [4.69, 9.17) is 22.1 Å². The number of nitrogen functional groups attached to an aromatic ring is 1. The average molecular weight is 382 g/mol. The van der Waals surface area contributed by atoms with Crippen molar-refractivity contribution in [1.29, 1.82) is 0 Å². The Kier molecular flexibility index (Phi) is 5.62. The first-order valence-electron chi connectivity index (χ1n) is 8.48. The molecular weight excluding hydrogens is 362 g/mol. The number of hydrogen-bond acceptors (Lipinski definition) is 4. The number of anilines is 2. The lowest BCUT2D eigenvalue weighted by molar-refractivity contribution is 0.102. The Balaban J connectivity index is 1.73. The second kappa shape index (κ2) is 8.10. The number of aromatic nitrogens is 1. The monoisotopic (exact) mass is 381 g/mol. The number of benzene rings is 2. The van der Waals surface area contributed by atoms with Gasteiger partial charge in [0.2, 0.25) is 0 Å². The fourth-order valence-electron chi connectivity index (χ4n) is 2.56. The molecule has 0 fully saturated rings. The highest BCUT2D eigenvalue weighted by Gasteiger charge is 2.12. The average Bonchev–Trinajstić information content (AvgIpc) is 2.65. The third-order valence-electron chi connectivity index (χ3n) is 4.08. The summed E-state index contributed by atoms with van der Waals surface area (Å²) in [6, 6.07) is 16.5. The molecule has 0 aliphatic heterocycles. The van der Waals surface area contributed by atoms with Gasteiger partial charge in [0.1, 0.15) is 6.10 Å². The highest BCUT2D eigenvalue weighted by atomic mass is 35.5. The SMILES string of the molecule is Cc1ccc(C(=O)Nc2cccc(C(C)Oc3cc(Cl)cnc3N)c2)cc1. The van der Waals surface area contributed by atoms with Gasteiger partial charge in [-0.2, -0.15) is 0 Å². The van der Waals surface area contributed by atoms with Crippen LogP contribution in [0, 0.1) is 6.92 Å². The van der Waals surface area contributed by atoms with Crippen molar-refractivity contribution in [2.75, 3.05) is 11.1 Å². The summed E-state index contributed by atoms with van der Waals surface area (Å²) in [6.07, 6.45) is 1.17. The number of aryl methyl sites for hydroxylation is 1. The van der Waals surface area contributed by atoms with Gasteiger partial charge < -0.3 is 15.8 Å². The van der Waals surface area contributed by atoms with Crippen LogP contribution in [0.15, 0.2) is 60.8 Å². The molecule has 1 heterocycles. The summed E-state index contributed by atoms with van der Waals surface area (Å²) in [5.74, 6) is 0.531. The number of hydrogen-bond donors (Lipinski definition) is 2. The number of rotatable bonds is 5. The number of pyridine rings is 1. The predicted molar refractivity (Wildman–Crippen MR) is 108 cm³/mol.